The summed E-state index contributed by atoms with van der Waals surface area (Å²) in [6.45, 7) is 0.330. The molecule has 33 heavy (non-hydrogen) atoms. The first-order chi connectivity index (χ1) is 15.5. The predicted octanol–water partition coefficient (Wildman–Crippen LogP) is -4.54. The van der Waals surface area contributed by atoms with Gasteiger partial charge in [0.1, 0.15) is 18.1 Å². The Hall–Kier alpha value is -3.56. The number of primary amides is 1. The molecule has 1 rings (SSSR count). The highest BCUT2D eigenvalue weighted by Crippen LogP contribution is 2.03. The number of carboxylic acid groups (broad SMARTS) is 1. The number of amides is 4. The first-order valence-electron chi connectivity index (χ1n) is 9.90. The number of carbonyl (C=O) groups excluding carboxylic acids is 4. The van der Waals surface area contributed by atoms with Gasteiger partial charge in [-0.3, -0.25) is 19.2 Å². The van der Waals surface area contributed by atoms with Gasteiger partial charge in [-0.2, -0.15) is 0 Å². The normalized spacial score (nSPS) is 15.4. The van der Waals surface area contributed by atoms with E-state index in [9.17, 15) is 29.1 Å². The number of carboxylic acids is 1. The van der Waals surface area contributed by atoms with E-state index in [4.69, 9.17) is 21.7 Å². The molecule has 15 heteroatoms. The Morgan fingerprint density at radius 1 is 1.09 bits per heavy atom. The summed E-state index contributed by atoms with van der Waals surface area (Å²) >= 11 is 0. The summed E-state index contributed by atoms with van der Waals surface area (Å²) in [6, 6.07) is -5.68. The smallest absolute Gasteiger partial charge is 0.328 e. The van der Waals surface area contributed by atoms with Gasteiger partial charge >= 0.3 is 5.97 Å². The number of aliphatic hydroxyl groups is 2. The van der Waals surface area contributed by atoms with Gasteiger partial charge in [0, 0.05) is 24.7 Å². The van der Waals surface area contributed by atoms with Crippen molar-refractivity contribution in [2.45, 2.75) is 56.5 Å². The van der Waals surface area contributed by atoms with Gasteiger partial charge < -0.3 is 47.7 Å². The number of carbonyl (C=O) groups is 5. The second-order valence-electron chi connectivity index (χ2n) is 7.26. The van der Waals surface area contributed by atoms with Crippen molar-refractivity contribution >= 4 is 29.6 Å². The van der Waals surface area contributed by atoms with E-state index in [1.165, 1.54) is 19.4 Å². The van der Waals surface area contributed by atoms with Crippen molar-refractivity contribution in [3.05, 3.63) is 18.2 Å². The van der Waals surface area contributed by atoms with Crippen LogP contribution in [0.1, 0.15) is 25.5 Å². The Bertz CT molecular complexity index is 830. The summed E-state index contributed by atoms with van der Waals surface area (Å²) in [6.07, 6.45) is 0.899. The summed E-state index contributed by atoms with van der Waals surface area (Å²) in [4.78, 5) is 66.1. The van der Waals surface area contributed by atoms with Gasteiger partial charge in [-0.05, 0) is 13.3 Å². The number of aliphatic carboxylic acids is 1. The molecule has 184 valence electrons. The molecule has 0 aromatic carbocycles. The van der Waals surface area contributed by atoms with Gasteiger partial charge in [0.2, 0.25) is 23.6 Å². The van der Waals surface area contributed by atoms with E-state index in [0.29, 0.717) is 5.69 Å². The number of nitrogens with one attached hydrogen (secondary N) is 4. The molecule has 1 aromatic rings. The number of hydrogen-bond donors (Lipinski definition) is 9. The highest BCUT2D eigenvalue weighted by atomic mass is 16.4. The fourth-order valence-electron chi connectivity index (χ4n) is 2.64. The number of rotatable bonds is 14. The van der Waals surface area contributed by atoms with E-state index in [1.807, 2.05) is 0 Å². The average Bonchev–Trinajstić information content (AvgIpc) is 3.25. The summed E-state index contributed by atoms with van der Waals surface area (Å²) in [5, 5.41) is 34.8. The van der Waals surface area contributed by atoms with Gasteiger partial charge in [0.15, 0.2) is 0 Å². The number of aromatic amines is 1. The monoisotopic (exact) mass is 471 g/mol. The number of aromatic nitrogens is 2. The molecular formula is C18H29N7O8. The Balaban J connectivity index is 2.96. The van der Waals surface area contributed by atoms with Crippen LogP contribution in [0.4, 0.5) is 0 Å². The van der Waals surface area contributed by atoms with E-state index < -0.39 is 66.5 Å². The lowest BCUT2D eigenvalue weighted by atomic mass is 10.1. The zero-order chi connectivity index (χ0) is 25.1. The molecule has 0 aliphatic rings. The highest BCUT2D eigenvalue weighted by molar-refractivity contribution is 5.94. The molecular weight excluding hydrogens is 442 g/mol. The third-order valence-electron chi connectivity index (χ3n) is 4.51. The van der Waals surface area contributed by atoms with E-state index in [-0.39, 0.29) is 19.3 Å². The highest BCUT2D eigenvalue weighted by Gasteiger charge is 2.32. The van der Waals surface area contributed by atoms with Crippen LogP contribution in [-0.2, 0) is 30.4 Å². The van der Waals surface area contributed by atoms with Crippen LogP contribution < -0.4 is 27.4 Å². The molecule has 0 saturated heterocycles. The zero-order valence-electron chi connectivity index (χ0n) is 17.9. The molecule has 5 atom stereocenters. The van der Waals surface area contributed by atoms with E-state index in [1.54, 1.807) is 0 Å². The maximum atomic E-state index is 12.8. The molecule has 0 fully saturated rings. The van der Waals surface area contributed by atoms with Crippen LogP contribution in [-0.4, -0.2) is 91.8 Å². The van der Waals surface area contributed by atoms with Gasteiger partial charge in [-0.1, -0.05) is 0 Å². The van der Waals surface area contributed by atoms with Gasteiger partial charge in [-0.15, -0.1) is 0 Å². The first kappa shape index (κ1) is 27.5. The summed E-state index contributed by atoms with van der Waals surface area (Å²) < 4.78 is 0. The van der Waals surface area contributed by atoms with Gasteiger partial charge in [-0.25, -0.2) is 9.78 Å². The molecule has 0 radical (unpaired) electrons. The maximum Gasteiger partial charge on any atom is 0.328 e. The van der Waals surface area contributed by atoms with Crippen molar-refractivity contribution in [3.8, 4) is 0 Å². The predicted molar refractivity (Wildman–Crippen MR) is 111 cm³/mol. The average molecular weight is 471 g/mol. The third-order valence-corrected chi connectivity index (χ3v) is 4.51. The molecule has 0 bridgehead atoms. The minimum Gasteiger partial charge on any atom is -0.480 e. The molecule has 0 aliphatic carbocycles. The van der Waals surface area contributed by atoms with Crippen LogP contribution in [0.5, 0.6) is 0 Å². The van der Waals surface area contributed by atoms with Crippen LogP contribution in [0.25, 0.3) is 0 Å². The molecule has 5 unspecified atom stereocenters. The molecule has 0 aliphatic heterocycles. The van der Waals surface area contributed by atoms with Crippen molar-refractivity contribution in [2.24, 2.45) is 11.5 Å². The quantitative estimate of drug-likeness (QED) is 0.125. The van der Waals surface area contributed by atoms with E-state index in [0.717, 1.165) is 0 Å². The summed E-state index contributed by atoms with van der Waals surface area (Å²) in [5.74, 6) is -4.89. The molecule has 11 N–H and O–H groups in total. The van der Waals surface area contributed by atoms with Gasteiger partial charge in [0.05, 0.1) is 25.1 Å². The molecule has 15 nitrogen and oxygen atoms in total. The van der Waals surface area contributed by atoms with Crippen molar-refractivity contribution in [3.63, 3.8) is 0 Å². The number of nitrogens with two attached hydrogens (primary N) is 2. The lowest BCUT2D eigenvalue weighted by molar-refractivity contribution is -0.143. The van der Waals surface area contributed by atoms with Crippen LogP contribution in [0.15, 0.2) is 12.5 Å². The Morgan fingerprint density at radius 2 is 1.73 bits per heavy atom. The van der Waals surface area contributed by atoms with Gasteiger partial charge in [0.25, 0.3) is 0 Å². The first-order valence-corrected chi connectivity index (χ1v) is 9.90. The second kappa shape index (κ2) is 13.1. The number of nitrogens with zero attached hydrogens (tertiary/aromatic N) is 1. The topological polar surface area (TPSA) is 263 Å². The number of aliphatic hydroxyl groups excluding tert-OH is 2. The van der Waals surface area contributed by atoms with Crippen molar-refractivity contribution < 1.29 is 39.3 Å². The standard InChI is InChI=1S/C18H29N7O8/c1-8(27)14(25-15(29)10(19)2-3-13(20)28)17(31)23-11(4-9-5-21-7-22-9)16(30)24-12(6-26)18(32)33/h5,7-8,10-12,14,26-27H,2-4,6,19H2,1H3,(H2,20,28)(H,21,22)(H,23,31)(H,24,30)(H,25,29)(H,32,33). The lowest BCUT2D eigenvalue weighted by Gasteiger charge is -2.26. The molecule has 1 aromatic heterocycles. The lowest BCUT2D eigenvalue weighted by Crippen LogP contribution is -2.60. The van der Waals surface area contributed by atoms with Crippen molar-refractivity contribution in [1.29, 1.82) is 0 Å². The SMILES string of the molecule is CC(O)C(NC(=O)C(N)CCC(N)=O)C(=O)NC(Cc1cnc[nH]1)C(=O)NC(CO)C(=O)O. The Morgan fingerprint density at radius 3 is 2.21 bits per heavy atom. The van der Waals surface area contributed by atoms with Crippen molar-refractivity contribution in [1.82, 2.24) is 25.9 Å². The number of imidazole rings is 1. The van der Waals surface area contributed by atoms with E-state index in [2.05, 4.69) is 25.9 Å². The minimum absolute atomic E-state index is 0.0854. The fourth-order valence-corrected chi connectivity index (χ4v) is 2.64. The molecule has 0 spiro atoms. The Labute approximate surface area is 188 Å². The van der Waals surface area contributed by atoms with Crippen LogP contribution in [0.3, 0.4) is 0 Å². The van der Waals surface area contributed by atoms with E-state index >= 15 is 0 Å². The number of H-pyrrole nitrogens is 1. The second-order valence-corrected chi connectivity index (χ2v) is 7.26. The largest absolute Gasteiger partial charge is 0.480 e. The minimum atomic E-state index is -1.62. The molecule has 0 saturated carbocycles. The summed E-state index contributed by atoms with van der Waals surface area (Å²) in [7, 11) is 0. The molecule has 1 heterocycles. The Kier molecular flexibility index (Phi) is 10.9. The van der Waals surface area contributed by atoms with Crippen LogP contribution in [0.2, 0.25) is 0 Å². The summed E-state index contributed by atoms with van der Waals surface area (Å²) in [5.41, 5.74) is 11.1. The number of hydrogen-bond acceptors (Lipinski definition) is 9. The van der Waals surface area contributed by atoms with Crippen molar-refractivity contribution in [2.75, 3.05) is 6.61 Å². The van der Waals surface area contributed by atoms with Crippen LogP contribution in [0, 0.1) is 0 Å². The molecule has 4 amide bonds. The van der Waals surface area contributed by atoms with Crippen LogP contribution >= 0.6 is 0 Å². The zero-order valence-corrected chi connectivity index (χ0v) is 17.9. The third kappa shape index (κ3) is 9.22. The fraction of sp³-hybridized carbons (Fsp3) is 0.556. The maximum absolute atomic E-state index is 12.8.